The molecule has 0 fully saturated rings. The molecule has 0 aromatic heterocycles. The van der Waals surface area contributed by atoms with Gasteiger partial charge in [-0.3, -0.25) is 29.7 Å². The van der Waals surface area contributed by atoms with Gasteiger partial charge in [0.2, 0.25) is 0 Å². The Labute approximate surface area is 250 Å². The molecule has 0 unspecified atom stereocenters. The fraction of sp³-hybridized carbons (Fsp3) is 0.286. The number of hydrogen-bond donors (Lipinski definition) is 0. The molecule has 0 N–H and O–H groups in total. The summed E-state index contributed by atoms with van der Waals surface area (Å²) in [5.74, 6) is -20.1. The Balaban J connectivity index is 0.000000518. The molecule has 0 spiro atoms. The number of halogens is 10. The minimum atomic E-state index is -2.17. The summed E-state index contributed by atoms with van der Waals surface area (Å²) < 4.78 is 120. The van der Waals surface area contributed by atoms with E-state index in [1.807, 2.05) is 0 Å². The van der Waals surface area contributed by atoms with E-state index in [0.717, 1.165) is 25.0 Å². The van der Waals surface area contributed by atoms with E-state index in [4.69, 9.17) is 0 Å². The third kappa shape index (κ3) is 11.9. The van der Waals surface area contributed by atoms with Crippen molar-refractivity contribution >= 4 is 16.1 Å². The first-order chi connectivity index (χ1) is 18.3. The smallest absolute Gasteiger partial charge is 0.278 e. The molecule has 2 aliphatic rings. The minimum Gasteiger partial charge on any atom is -0.278 e. The fourth-order valence-corrected chi connectivity index (χ4v) is 5.33. The quantitative estimate of drug-likeness (QED) is 0.0994. The van der Waals surface area contributed by atoms with Gasteiger partial charge in [0.1, 0.15) is 0 Å². The Kier molecular flexibility index (Phi) is 15.6. The molecule has 2 aromatic rings. The summed E-state index contributed by atoms with van der Waals surface area (Å²) in [4.78, 5) is 0. The van der Waals surface area contributed by atoms with Crippen LogP contribution in [0.3, 0.4) is 0 Å². The Hall–Kier alpha value is -2.15. The van der Waals surface area contributed by atoms with Crippen molar-refractivity contribution in [1.29, 1.82) is 0 Å². The normalized spacial score (nSPS) is 13.6. The van der Waals surface area contributed by atoms with E-state index in [1.54, 1.807) is 0 Å². The molecule has 0 nitrogen and oxygen atoms in total. The number of benzene rings is 2. The molecule has 0 heterocycles. The van der Waals surface area contributed by atoms with E-state index in [9.17, 15) is 43.9 Å². The van der Waals surface area contributed by atoms with Crippen molar-refractivity contribution in [3.05, 3.63) is 117 Å². The topological polar surface area (TPSA) is 0 Å². The van der Waals surface area contributed by atoms with Gasteiger partial charge in [-0.05, 0) is 0 Å². The van der Waals surface area contributed by atoms with Crippen LogP contribution in [0.1, 0.15) is 12.8 Å². The van der Waals surface area contributed by atoms with Crippen LogP contribution in [0.15, 0.2) is 34.7 Å². The predicted octanol–water partition coefficient (Wildman–Crippen LogP) is 9.47. The summed E-state index contributed by atoms with van der Waals surface area (Å²) in [6.45, 7) is 14.1. The summed E-state index contributed by atoms with van der Waals surface area (Å²) >= 11 is 0. The van der Waals surface area contributed by atoms with Gasteiger partial charge in [-0.15, -0.1) is 25.0 Å². The predicted molar refractivity (Wildman–Crippen MR) is 138 cm³/mol. The molecular formula is C28H26F10Si2Ti. The second kappa shape index (κ2) is 16.5. The van der Waals surface area contributed by atoms with Crippen molar-refractivity contribution in [2.75, 3.05) is 0 Å². The van der Waals surface area contributed by atoms with Gasteiger partial charge in [0.15, 0.2) is 0 Å². The zero-order valence-corrected chi connectivity index (χ0v) is 26.6. The summed E-state index contributed by atoms with van der Waals surface area (Å²) in [6, 6.07) is 2.05. The second-order valence-corrected chi connectivity index (χ2v) is 20.4. The summed E-state index contributed by atoms with van der Waals surface area (Å²) in [7, 11) is -2.01. The monoisotopic (exact) mass is 656 g/mol. The van der Waals surface area contributed by atoms with Gasteiger partial charge in [0.05, 0.1) is 58.2 Å². The van der Waals surface area contributed by atoms with Gasteiger partial charge < -0.3 is 0 Å². The van der Waals surface area contributed by atoms with Crippen molar-refractivity contribution in [3.63, 3.8) is 0 Å². The number of hydrogen-bond acceptors (Lipinski definition) is 0. The molecule has 0 saturated heterocycles. The Morgan fingerprint density at radius 2 is 0.707 bits per heavy atom. The first-order valence-corrected chi connectivity index (χ1v) is 18.7. The zero-order chi connectivity index (χ0) is 31.0. The number of rotatable bonds is 2. The Morgan fingerprint density at radius 3 is 0.854 bits per heavy atom. The maximum Gasteiger partial charge on any atom is 4.00 e. The molecule has 2 aromatic carbocycles. The molecule has 0 aliphatic heterocycles. The van der Waals surface area contributed by atoms with Crippen LogP contribution in [0.5, 0.6) is 0 Å². The molecule has 0 bridgehead atoms. The Bertz CT molecular complexity index is 1170. The molecular weight excluding hydrogens is 630 g/mol. The third-order valence-corrected chi connectivity index (χ3v) is 8.91. The van der Waals surface area contributed by atoms with Gasteiger partial charge >= 0.3 is 21.7 Å². The van der Waals surface area contributed by atoms with Crippen LogP contribution >= 0.6 is 0 Å². The van der Waals surface area contributed by atoms with Crippen LogP contribution in [0, 0.1) is 82.5 Å². The van der Waals surface area contributed by atoms with Crippen LogP contribution in [-0.4, -0.2) is 16.1 Å². The summed E-state index contributed by atoms with van der Waals surface area (Å²) in [6.07, 6.45) is 17.6. The van der Waals surface area contributed by atoms with E-state index in [1.165, 1.54) is 10.4 Å². The number of allylic oxidation sites excluding steroid dienone is 8. The maximum absolute atomic E-state index is 12.0. The van der Waals surface area contributed by atoms with E-state index in [2.05, 4.69) is 75.7 Å². The van der Waals surface area contributed by atoms with Crippen LogP contribution in [0.2, 0.25) is 39.3 Å². The third-order valence-electron chi connectivity index (χ3n) is 4.99. The molecule has 0 amide bonds. The van der Waals surface area contributed by atoms with Gasteiger partial charge in [-0.2, -0.15) is 12.2 Å². The minimum absolute atomic E-state index is 0. The molecule has 0 radical (unpaired) electrons. The maximum atomic E-state index is 12.0. The molecule has 41 heavy (non-hydrogen) atoms. The molecule has 0 saturated carbocycles. The van der Waals surface area contributed by atoms with Crippen molar-refractivity contribution < 1.29 is 65.6 Å². The SMILES string of the molecule is C[Si](C)(C)C1=[C-]CC=C1.C[Si](C)(C)C1=[C-]CC=C1.Fc1[c-]c(F)c(F)c(F)c1F.Fc1[c-]c(F)c(F)c(F)c1F.[Ti+4]. The summed E-state index contributed by atoms with van der Waals surface area (Å²) in [5, 5.41) is 2.98. The van der Waals surface area contributed by atoms with E-state index >= 15 is 0 Å². The van der Waals surface area contributed by atoms with Crippen LogP contribution in [0.4, 0.5) is 43.9 Å². The Morgan fingerprint density at radius 1 is 0.463 bits per heavy atom. The van der Waals surface area contributed by atoms with Crippen molar-refractivity contribution in [2.24, 2.45) is 0 Å². The molecule has 4 rings (SSSR count). The van der Waals surface area contributed by atoms with Crippen molar-refractivity contribution in [3.8, 4) is 0 Å². The fourth-order valence-electron chi connectivity index (χ4n) is 2.83. The molecule has 13 heteroatoms. The van der Waals surface area contributed by atoms with E-state index < -0.39 is 74.3 Å². The largest absolute Gasteiger partial charge is 4.00 e. The summed E-state index contributed by atoms with van der Waals surface area (Å²) in [5.41, 5.74) is 0. The molecule has 2 aliphatic carbocycles. The van der Waals surface area contributed by atoms with Crippen LogP contribution in [0.25, 0.3) is 0 Å². The van der Waals surface area contributed by atoms with Crippen LogP contribution < -0.4 is 0 Å². The van der Waals surface area contributed by atoms with Gasteiger partial charge in [0, 0.05) is 16.1 Å². The second-order valence-electron chi connectivity index (χ2n) is 10.3. The van der Waals surface area contributed by atoms with Crippen molar-refractivity contribution in [2.45, 2.75) is 52.1 Å². The average molecular weight is 657 g/mol. The zero-order valence-electron chi connectivity index (χ0n) is 23.0. The first-order valence-electron chi connectivity index (χ1n) is 11.7. The average Bonchev–Trinajstić information content (AvgIpc) is 3.59. The first kappa shape index (κ1) is 38.8. The van der Waals surface area contributed by atoms with Crippen molar-refractivity contribution in [1.82, 2.24) is 0 Å². The van der Waals surface area contributed by atoms with E-state index in [-0.39, 0.29) is 21.7 Å². The molecule has 220 valence electrons. The van der Waals surface area contributed by atoms with Crippen LogP contribution in [-0.2, 0) is 21.7 Å². The standard InChI is InChI=1S/2C8H13Si.2C6F5.Ti/c2*1-9(2,3)8-6-4-5-7-8;2*7-2-1-3(8)5(10)6(11)4(2)9;/h2*4,6H,5H2,1-3H3;;;/q4*-1;+4. The van der Waals surface area contributed by atoms with Gasteiger partial charge in [-0.25, -0.2) is 48.9 Å². The van der Waals surface area contributed by atoms with Gasteiger partial charge in [0.25, 0.3) is 0 Å². The molecule has 0 atom stereocenters. The van der Waals surface area contributed by atoms with E-state index in [0.29, 0.717) is 0 Å². The van der Waals surface area contributed by atoms with Gasteiger partial charge in [-0.1, -0.05) is 39.3 Å².